The van der Waals surface area contributed by atoms with Crippen LogP contribution in [0.15, 0.2) is 119 Å². The van der Waals surface area contributed by atoms with Crippen molar-refractivity contribution in [2.75, 3.05) is 10.0 Å². The fraction of sp³-hybridized carbons (Fsp3) is 0.0370. The number of hydrogen-bond acceptors (Lipinski definition) is 5. The van der Waals surface area contributed by atoms with Crippen molar-refractivity contribution >= 4 is 45.0 Å². The molecular formula is C27H22N2O5S2. The van der Waals surface area contributed by atoms with Crippen molar-refractivity contribution in [2.45, 2.75) is 15.0 Å². The van der Waals surface area contributed by atoms with E-state index in [1.165, 1.54) is 36.0 Å². The smallest absolute Gasteiger partial charge is 0.335 e. The highest BCUT2D eigenvalue weighted by atomic mass is 32.2. The average Bonchev–Trinajstić information content (AvgIpc) is 2.89. The van der Waals surface area contributed by atoms with E-state index in [0.717, 1.165) is 10.5 Å². The Morgan fingerprint density at radius 2 is 1.39 bits per heavy atom. The van der Waals surface area contributed by atoms with E-state index in [1.54, 1.807) is 54.6 Å². The summed E-state index contributed by atoms with van der Waals surface area (Å²) in [5.41, 5.74) is 1.62. The maximum Gasteiger partial charge on any atom is 0.335 e. The van der Waals surface area contributed by atoms with Crippen LogP contribution in [0.4, 0.5) is 11.4 Å². The highest BCUT2D eigenvalue weighted by Gasteiger charge is 2.23. The Bertz CT molecular complexity index is 1460. The van der Waals surface area contributed by atoms with Crippen LogP contribution >= 0.6 is 11.8 Å². The van der Waals surface area contributed by atoms with Crippen molar-refractivity contribution in [2.24, 2.45) is 0 Å². The van der Waals surface area contributed by atoms with Gasteiger partial charge < -0.3 is 10.4 Å². The molecule has 36 heavy (non-hydrogen) atoms. The van der Waals surface area contributed by atoms with Gasteiger partial charge in [0.05, 0.1) is 10.5 Å². The third-order valence-electron chi connectivity index (χ3n) is 5.13. The first-order valence-corrected chi connectivity index (χ1v) is 13.2. The first-order valence-electron chi connectivity index (χ1n) is 10.9. The molecular weight excluding hydrogens is 496 g/mol. The van der Waals surface area contributed by atoms with E-state index in [0.29, 0.717) is 11.4 Å². The highest BCUT2D eigenvalue weighted by molar-refractivity contribution is 8.00. The number of carboxylic acid groups (broad SMARTS) is 1. The number of nitrogens with one attached hydrogen (secondary N) is 2. The van der Waals surface area contributed by atoms with Gasteiger partial charge in [-0.25, -0.2) is 13.2 Å². The number of anilines is 2. The maximum absolute atomic E-state index is 13.2. The van der Waals surface area contributed by atoms with Crippen LogP contribution in [-0.2, 0) is 14.8 Å². The van der Waals surface area contributed by atoms with Crippen LogP contribution in [0.3, 0.4) is 0 Å². The first kappa shape index (κ1) is 25.0. The van der Waals surface area contributed by atoms with Crippen LogP contribution in [0.2, 0.25) is 0 Å². The number of aromatic carboxylic acids is 1. The number of amides is 1. The molecule has 0 saturated carbocycles. The molecule has 4 aromatic rings. The second kappa shape index (κ2) is 11.1. The van der Waals surface area contributed by atoms with E-state index >= 15 is 0 Å². The fourth-order valence-corrected chi connectivity index (χ4v) is 5.49. The van der Waals surface area contributed by atoms with Gasteiger partial charge in [0.25, 0.3) is 10.0 Å². The highest BCUT2D eigenvalue weighted by Crippen LogP contribution is 2.37. The second-order valence-electron chi connectivity index (χ2n) is 7.73. The van der Waals surface area contributed by atoms with Crippen molar-refractivity contribution in [1.29, 1.82) is 0 Å². The lowest BCUT2D eigenvalue weighted by Crippen LogP contribution is -2.19. The summed E-state index contributed by atoms with van der Waals surface area (Å²) >= 11 is 1.30. The van der Waals surface area contributed by atoms with E-state index in [4.69, 9.17) is 0 Å². The lowest BCUT2D eigenvalue weighted by atomic mass is 10.1. The van der Waals surface area contributed by atoms with Crippen molar-refractivity contribution in [3.8, 4) is 0 Å². The molecule has 4 rings (SSSR count). The van der Waals surface area contributed by atoms with Crippen molar-refractivity contribution in [3.05, 3.63) is 120 Å². The molecule has 1 amide bonds. The van der Waals surface area contributed by atoms with Gasteiger partial charge in [-0.1, -0.05) is 54.6 Å². The quantitative estimate of drug-likeness (QED) is 0.247. The minimum absolute atomic E-state index is 0.0743. The number of carbonyl (C=O) groups excluding carboxylic acids is 1. The average molecular weight is 519 g/mol. The van der Waals surface area contributed by atoms with E-state index in [-0.39, 0.29) is 16.4 Å². The van der Waals surface area contributed by atoms with E-state index in [9.17, 15) is 23.1 Å². The Hall–Kier alpha value is -4.08. The van der Waals surface area contributed by atoms with E-state index in [1.807, 2.05) is 30.3 Å². The second-order valence-corrected chi connectivity index (χ2v) is 10.6. The predicted molar refractivity (Wildman–Crippen MR) is 141 cm³/mol. The van der Waals surface area contributed by atoms with Crippen LogP contribution in [0, 0.1) is 0 Å². The molecule has 0 bridgehead atoms. The molecule has 0 aliphatic heterocycles. The molecule has 0 radical (unpaired) electrons. The molecule has 0 aliphatic carbocycles. The van der Waals surface area contributed by atoms with Crippen LogP contribution in [0.1, 0.15) is 21.2 Å². The zero-order chi connectivity index (χ0) is 25.5. The normalized spacial score (nSPS) is 11.9. The minimum atomic E-state index is -3.71. The minimum Gasteiger partial charge on any atom is -0.478 e. The van der Waals surface area contributed by atoms with E-state index in [2.05, 4.69) is 10.0 Å². The van der Waals surface area contributed by atoms with Gasteiger partial charge in [0.2, 0.25) is 5.91 Å². The van der Waals surface area contributed by atoms with Gasteiger partial charge in [-0.2, -0.15) is 0 Å². The molecule has 1 atom stereocenters. The lowest BCUT2D eigenvalue weighted by Gasteiger charge is -2.18. The van der Waals surface area contributed by atoms with Crippen LogP contribution in [-0.4, -0.2) is 25.4 Å². The Morgan fingerprint density at radius 1 is 0.750 bits per heavy atom. The molecule has 1 unspecified atom stereocenters. The van der Waals surface area contributed by atoms with Gasteiger partial charge in [0, 0.05) is 16.3 Å². The number of benzene rings is 4. The summed E-state index contributed by atoms with van der Waals surface area (Å²) in [5, 5.41) is 11.4. The van der Waals surface area contributed by atoms with Gasteiger partial charge in [0.15, 0.2) is 0 Å². The topological polar surface area (TPSA) is 113 Å². The third-order valence-corrected chi connectivity index (χ3v) is 7.79. The summed E-state index contributed by atoms with van der Waals surface area (Å²) in [6.45, 7) is 0. The first-order chi connectivity index (χ1) is 17.3. The lowest BCUT2D eigenvalue weighted by molar-refractivity contribution is -0.115. The van der Waals surface area contributed by atoms with E-state index < -0.39 is 21.2 Å². The standard InChI is InChI=1S/C27H22N2O5S2/c30-26(28-22-11-7-10-20(18-22)27(31)32)25(19-8-3-1-4-9-19)35-23-16-14-21(15-17-23)29-36(33,34)24-12-5-2-6-13-24/h1-18,25,29H,(H,28,30)(H,31,32). The molecule has 4 aromatic carbocycles. The number of rotatable bonds is 9. The number of hydrogen-bond donors (Lipinski definition) is 3. The number of thioether (sulfide) groups is 1. The van der Waals surface area contributed by atoms with Gasteiger partial charge in [-0.15, -0.1) is 11.8 Å². The fourth-order valence-electron chi connectivity index (χ4n) is 3.39. The Kier molecular flexibility index (Phi) is 7.72. The van der Waals surface area contributed by atoms with Crippen LogP contribution in [0.5, 0.6) is 0 Å². The van der Waals surface area contributed by atoms with Crippen molar-refractivity contribution in [1.82, 2.24) is 0 Å². The van der Waals surface area contributed by atoms with Gasteiger partial charge >= 0.3 is 5.97 Å². The number of carbonyl (C=O) groups is 2. The molecule has 182 valence electrons. The molecule has 0 saturated heterocycles. The number of carboxylic acids is 1. The largest absolute Gasteiger partial charge is 0.478 e. The predicted octanol–water partition coefficient (Wildman–Crippen LogP) is 5.66. The molecule has 0 aromatic heterocycles. The summed E-state index contributed by atoms with van der Waals surface area (Å²) in [6.07, 6.45) is 0. The molecule has 9 heteroatoms. The van der Waals surface area contributed by atoms with Gasteiger partial charge in [0.1, 0.15) is 5.25 Å². The summed E-state index contributed by atoms with van der Waals surface area (Å²) in [6, 6.07) is 30.1. The molecule has 0 fully saturated rings. The van der Waals surface area contributed by atoms with Crippen molar-refractivity contribution < 1.29 is 23.1 Å². The van der Waals surface area contributed by atoms with Gasteiger partial charge in [-0.05, 0) is 60.2 Å². The molecule has 7 nitrogen and oxygen atoms in total. The summed E-state index contributed by atoms with van der Waals surface area (Å²) < 4.78 is 27.7. The Labute approximate surface area is 213 Å². The van der Waals surface area contributed by atoms with Gasteiger partial charge in [-0.3, -0.25) is 9.52 Å². The summed E-state index contributed by atoms with van der Waals surface area (Å²) in [7, 11) is -3.71. The van der Waals surface area contributed by atoms with Crippen LogP contribution in [0.25, 0.3) is 0 Å². The molecule has 3 N–H and O–H groups in total. The summed E-state index contributed by atoms with van der Waals surface area (Å²) in [4.78, 5) is 25.4. The molecule has 0 spiro atoms. The Balaban J connectivity index is 1.52. The summed E-state index contributed by atoms with van der Waals surface area (Å²) in [5.74, 6) is -1.40. The number of sulfonamides is 1. The Morgan fingerprint density at radius 3 is 2.03 bits per heavy atom. The molecule has 0 heterocycles. The SMILES string of the molecule is O=C(O)c1cccc(NC(=O)C(Sc2ccc(NS(=O)(=O)c3ccccc3)cc2)c2ccccc2)c1. The zero-order valence-corrected chi connectivity index (χ0v) is 20.5. The van der Waals surface area contributed by atoms with Crippen molar-refractivity contribution in [3.63, 3.8) is 0 Å². The zero-order valence-electron chi connectivity index (χ0n) is 18.9. The third kappa shape index (κ3) is 6.32. The van der Waals surface area contributed by atoms with Crippen LogP contribution < -0.4 is 10.0 Å². The monoisotopic (exact) mass is 518 g/mol. The maximum atomic E-state index is 13.2. The molecule has 0 aliphatic rings.